The monoisotopic (exact) mass is 231 g/mol. The molecule has 0 aromatic carbocycles. The maximum Gasteiger partial charge on any atom is 0.224 e. The summed E-state index contributed by atoms with van der Waals surface area (Å²) in [5.74, 6) is 1.84. The predicted octanol–water partition coefficient (Wildman–Crippen LogP) is 2.80. The van der Waals surface area contributed by atoms with Crippen LogP contribution >= 0.6 is 11.6 Å². The molecular weight excluding hydrogens is 210 g/mol. The molecule has 0 aromatic rings. The fraction of sp³-hybridized carbons (Fsp3) is 0.917. The van der Waals surface area contributed by atoms with E-state index in [1.165, 1.54) is 12.8 Å². The Hall–Kier alpha value is -0.240. The van der Waals surface area contributed by atoms with Crippen LogP contribution in [0.5, 0.6) is 0 Å². The smallest absolute Gasteiger partial charge is 0.224 e. The standard InChI is InChI=1S/C12H22ClNO/c1-4-10-5-6-11(9(10)3)14-12(15)8(2)7-13/h8-11H,4-7H2,1-3H3,(H,14,15). The lowest BCUT2D eigenvalue weighted by Crippen LogP contribution is -2.40. The van der Waals surface area contributed by atoms with Gasteiger partial charge in [-0.3, -0.25) is 4.79 Å². The number of carbonyl (C=O) groups is 1. The van der Waals surface area contributed by atoms with Gasteiger partial charge in [0.05, 0.1) is 0 Å². The summed E-state index contributed by atoms with van der Waals surface area (Å²) in [7, 11) is 0. The van der Waals surface area contributed by atoms with Gasteiger partial charge in [-0.1, -0.05) is 27.2 Å². The molecule has 0 spiro atoms. The number of rotatable bonds is 4. The zero-order valence-corrected chi connectivity index (χ0v) is 10.7. The van der Waals surface area contributed by atoms with Crippen LogP contribution in [-0.4, -0.2) is 17.8 Å². The number of nitrogens with one attached hydrogen (secondary N) is 1. The van der Waals surface area contributed by atoms with Crippen molar-refractivity contribution < 1.29 is 4.79 Å². The van der Waals surface area contributed by atoms with Crippen molar-refractivity contribution in [2.45, 2.75) is 46.1 Å². The van der Waals surface area contributed by atoms with Gasteiger partial charge in [-0.25, -0.2) is 0 Å². The average Bonchev–Trinajstić information content (AvgIpc) is 2.58. The summed E-state index contributed by atoms with van der Waals surface area (Å²) in [4.78, 5) is 11.7. The summed E-state index contributed by atoms with van der Waals surface area (Å²) < 4.78 is 0. The highest BCUT2D eigenvalue weighted by molar-refractivity contribution is 6.19. The van der Waals surface area contributed by atoms with Crippen LogP contribution in [0.4, 0.5) is 0 Å². The van der Waals surface area contributed by atoms with Gasteiger partial charge in [0.25, 0.3) is 0 Å². The minimum Gasteiger partial charge on any atom is -0.353 e. The van der Waals surface area contributed by atoms with E-state index in [9.17, 15) is 4.79 Å². The Bertz CT molecular complexity index is 220. The predicted molar refractivity (Wildman–Crippen MR) is 64.0 cm³/mol. The molecule has 0 saturated heterocycles. The quantitative estimate of drug-likeness (QED) is 0.741. The molecule has 1 amide bonds. The number of carbonyl (C=O) groups excluding carboxylic acids is 1. The maximum absolute atomic E-state index is 11.7. The zero-order chi connectivity index (χ0) is 11.4. The topological polar surface area (TPSA) is 29.1 Å². The Morgan fingerprint density at radius 1 is 1.53 bits per heavy atom. The van der Waals surface area contributed by atoms with E-state index in [2.05, 4.69) is 19.2 Å². The van der Waals surface area contributed by atoms with Crippen LogP contribution in [0.25, 0.3) is 0 Å². The minimum atomic E-state index is -0.0699. The fourth-order valence-corrected chi connectivity index (χ4v) is 2.56. The van der Waals surface area contributed by atoms with Gasteiger partial charge in [-0.2, -0.15) is 0 Å². The van der Waals surface area contributed by atoms with Crippen LogP contribution in [0.15, 0.2) is 0 Å². The van der Waals surface area contributed by atoms with Crippen LogP contribution in [0.2, 0.25) is 0 Å². The third-order valence-electron chi connectivity index (χ3n) is 3.76. The molecule has 0 bridgehead atoms. The second-order valence-electron chi connectivity index (χ2n) is 4.78. The van der Waals surface area contributed by atoms with Gasteiger partial charge in [0, 0.05) is 17.8 Å². The van der Waals surface area contributed by atoms with Crippen molar-refractivity contribution in [3.63, 3.8) is 0 Å². The molecule has 1 N–H and O–H groups in total. The maximum atomic E-state index is 11.7. The first kappa shape index (κ1) is 12.8. The SMILES string of the molecule is CCC1CCC(NC(=O)C(C)CCl)C1C. The van der Waals surface area contributed by atoms with Crippen molar-refractivity contribution >= 4 is 17.5 Å². The third kappa shape index (κ3) is 3.10. The molecule has 0 aromatic heterocycles. The Balaban J connectivity index is 2.43. The molecule has 1 aliphatic carbocycles. The normalized spacial score (nSPS) is 32.7. The van der Waals surface area contributed by atoms with Gasteiger partial charge in [0.15, 0.2) is 0 Å². The summed E-state index contributed by atoms with van der Waals surface area (Å²) >= 11 is 5.66. The lowest BCUT2D eigenvalue weighted by molar-refractivity contribution is -0.124. The number of alkyl halides is 1. The Morgan fingerprint density at radius 3 is 2.67 bits per heavy atom. The van der Waals surface area contributed by atoms with E-state index in [0.717, 1.165) is 12.3 Å². The first-order valence-electron chi connectivity index (χ1n) is 5.96. The fourth-order valence-electron chi connectivity index (χ4n) is 2.42. The Morgan fingerprint density at radius 2 is 2.20 bits per heavy atom. The van der Waals surface area contributed by atoms with Crippen molar-refractivity contribution in [2.75, 3.05) is 5.88 Å². The molecule has 15 heavy (non-hydrogen) atoms. The van der Waals surface area contributed by atoms with Crippen molar-refractivity contribution in [1.82, 2.24) is 5.32 Å². The van der Waals surface area contributed by atoms with E-state index in [1.807, 2.05) is 6.92 Å². The van der Waals surface area contributed by atoms with Crippen molar-refractivity contribution in [3.05, 3.63) is 0 Å². The highest BCUT2D eigenvalue weighted by Crippen LogP contribution is 2.33. The van der Waals surface area contributed by atoms with Crippen molar-refractivity contribution in [1.29, 1.82) is 0 Å². The number of hydrogen-bond donors (Lipinski definition) is 1. The lowest BCUT2D eigenvalue weighted by Gasteiger charge is -2.22. The first-order valence-corrected chi connectivity index (χ1v) is 6.49. The lowest BCUT2D eigenvalue weighted by atomic mass is 9.93. The van der Waals surface area contributed by atoms with E-state index < -0.39 is 0 Å². The van der Waals surface area contributed by atoms with Crippen LogP contribution in [-0.2, 0) is 4.79 Å². The van der Waals surface area contributed by atoms with E-state index in [4.69, 9.17) is 11.6 Å². The molecule has 4 unspecified atom stereocenters. The summed E-state index contributed by atoms with van der Waals surface area (Å²) in [6, 6.07) is 0.369. The zero-order valence-electron chi connectivity index (χ0n) is 9.92. The van der Waals surface area contributed by atoms with Crippen molar-refractivity contribution in [2.24, 2.45) is 17.8 Å². The van der Waals surface area contributed by atoms with E-state index in [-0.39, 0.29) is 11.8 Å². The molecule has 0 heterocycles. The van der Waals surface area contributed by atoms with E-state index >= 15 is 0 Å². The van der Waals surface area contributed by atoms with E-state index in [1.54, 1.807) is 0 Å². The Kier molecular flexibility index (Phi) is 4.91. The summed E-state index contributed by atoms with van der Waals surface area (Å²) in [5.41, 5.74) is 0. The molecule has 2 nitrogen and oxygen atoms in total. The van der Waals surface area contributed by atoms with Crippen LogP contribution in [0.3, 0.4) is 0 Å². The highest BCUT2D eigenvalue weighted by atomic mass is 35.5. The molecule has 4 atom stereocenters. The summed E-state index contributed by atoms with van der Waals surface area (Å²) in [5, 5.41) is 3.12. The second-order valence-corrected chi connectivity index (χ2v) is 5.08. The molecule has 1 rings (SSSR count). The summed E-state index contributed by atoms with van der Waals surface area (Å²) in [6.45, 7) is 6.35. The first-order chi connectivity index (χ1) is 7.10. The molecule has 1 saturated carbocycles. The van der Waals surface area contributed by atoms with Gasteiger partial charge in [-0.15, -0.1) is 11.6 Å². The molecule has 0 radical (unpaired) electrons. The molecule has 1 fully saturated rings. The van der Waals surface area contributed by atoms with Gasteiger partial charge in [-0.05, 0) is 24.7 Å². The number of amides is 1. The van der Waals surface area contributed by atoms with E-state index in [0.29, 0.717) is 17.8 Å². The second kappa shape index (κ2) is 5.74. The van der Waals surface area contributed by atoms with Gasteiger partial charge >= 0.3 is 0 Å². The van der Waals surface area contributed by atoms with Crippen LogP contribution in [0, 0.1) is 17.8 Å². The third-order valence-corrected chi connectivity index (χ3v) is 4.22. The number of hydrogen-bond acceptors (Lipinski definition) is 1. The highest BCUT2D eigenvalue weighted by Gasteiger charge is 2.32. The van der Waals surface area contributed by atoms with Crippen molar-refractivity contribution in [3.8, 4) is 0 Å². The molecule has 0 aliphatic heterocycles. The van der Waals surface area contributed by atoms with Crippen LogP contribution in [0.1, 0.15) is 40.0 Å². The Labute approximate surface area is 97.8 Å². The molecule has 1 aliphatic rings. The summed E-state index contributed by atoms with van der Waals surface area (Å²) in [6.07, 6.45) is 3.59. The average molecular weight is 232 g/mol. The van der Waals surface area contributed by atoms with Gasteiger partial charge in [0.2, 0.25) is 5.91 Å². The van der Waals surface area contributed by atoms with Crippen LogP contribution < -0.4 is 5.32 Å². The largest absolute Gasteiger partial charge is 0.353 e. The minimum absolute atomic E-state index is 0.0699. The molecule has 3 heteroatoms. The van der Waals surface area contributed by atoms with Gasteiger partial charge < -0.3 is 5.32 Å². The number of halogens is 1. The molecule has 88 valence electrons. The molecular formula is C12H22ClNO. The van der Waals surface area contributed by atoms with Gasteiger partial charge in [0.1, 0.15) is 0 Å².